The van der Waals surface area contributed by atoms with Crippen LogP contribution in [0.25, 0.3) is 11.4 Å². The maximum absolute atomic E-state index is 13.3. The minimum Gasteiger partial charge on any atom is -0.375 e. The van der Waals surface area contributed by atoms with Gasteiger partial charge in [-0.25, -0.2) is 4.98 Å². The molecule has 0 saturated carbocycles. The van der Waals surface area contributed by atoms with Gasteiger partial charge in [-0.15, -0.1) is 0 Å². The van der Waals surface area contributed by atoms with Crippen LogP contribution in [-0.2, 0) is 17.8 Å². The van der Waals surface area contributed by atoms with Crippen molar-refractivity contribution in [2.45, 2.75) is 45.6 Å². The molecule has 168 valence electrons. The third-order valence-electron chi connectivity index (χ3n) is 6.96. The van der Waals surface area contributed by atoms with Gasteiger partial charge in [0.15, 0.2) is 0 Å². The lowest BCUT2D eigenvalue weighted by Crippen LogP contribution is -2.38. The summed E-state index contributed by atoms with van der Waals surface area (Å²) in [6, 6.07) is 14.2. The van der Waals surface area contributed by atoms with Gasteiger partial charge in [-0.3, -0.25) is 4.79 Å². The number of benzene rings is 2. The van der Waals surface area contributed by atoms with E-state index < -0.39 is 0 Å². The lowest BCUT2D eigenvalue weighted by molar-refractivity contribution is 0.0713. The molecule has 1 saturated heterocycles. The molecule has 3 heterocycles. The molecule has 6 heteroatoms. The van der Waals surface area contributed by atoms with Crippen LogP contribution in [0.4, 0.5) is 0 Å². The normalized spacial score (nSPS) is 16.3. The molecule has 1 N–H and O–H groups in total. The number of carbonyl (C=O) groups is 1. The van der Waals surface area contributed by atoms with Crippen LogP contribution in [0.3, 0.4) is 0 Å². The van der Waals surface area contributed by atoms with Crippen LogP contribution in [0.5, 0.6) is 0 Å². The molecular weight excluding hydrogens is 412 g/mol. The lowest BCUT2D eigenvalue weighted by atomic mass is 9.87. The minimum absolute atomic E-state index is 0.0744. The zero-order valence-corrected chi connectivity index (χ0v) is 19.1. The van der Waals surface area contributed by atoms with Crippen molar-refractivity contribution in [3.8, 4) is 17.5 Å². The van der Waals surface area contributed by atoms with Crippen LogP contribution in [0.1, 0.15) is 62.8 Å². The SMILES string of the molecule is Cc1cc(C2CCN(C(=O)c3ccc(C)c(-c4nc5c([nH]4)COCC5)c3)CC2)ccc1C#N. The van der Waals surface area contributed by atoms with Crippen molar-refractivity contribution >= 4 is 5.91 Å². The standard InChI is InChI=1S/C27H28N4O2/c1-17-3-4-21(14-23(17)26-29-24-9-12-33-16-25(24)30-26)27(32)31-10-7-19(8-11-31)20-5-6-22(15-28)18(2)13-20/h3-6,13-14,19H,7-12,16H2,1-2H3,(H,29,30). The number of hydrogen-bond donors (Lipinski definition) is 1. The Labute approximate surface area is 194 Å². The maximum Gasteiger partial charge on any atom is 0.253 e. The van der Waals surface area contributed by atoms with Crippen molar-refractivity contribution in [1.82, 2.24) is 14.9 Å². The number of ether oxygens (including phenoxy) is 1. The van der Waals surface area contributed by atoms with Gasteiger partial charge in [-0.1, -0.05) is 18.2 Å². The summed E-state index contributed by atoms with van der Waals surface area (Å²) in [5, 5.41) is 9.17. The summed E-state index contributed by atoms with van der Waals surface area (Å²) in [4.78, 5) is 23.4. The zero-order chi connectivity index (χ0) is 22.9. The number of imidazole rings is 1. The Kier molecular flexibility index (Phi) is 5.74. The monoisotopic (exact) mass is 440 g/mol. The Morgan fingerprint density at radius 3 is 2.70 bits per heavy atom. The van der Waals surface area contributed by atoms with E-state index in [1.165, 1.54) is 5.56 Å². The average Bonchev–Trinajstić information content (AvgIpc) is 3.28. The highest BCUT2D eigenvalue weighted by atomic mass is 16.5. The molecule has 2 aromatic carbocycles. The number of aromatic nitrogens is 2. The van der Waals surface area contributed by atoms with Crippen molar-refractivity contribution in [2.75, 3.05) is 19.7 Å². The number of carbonyl (C=O) groups excluding carboxylic acids is 1. The molecule has 2 aliphatic rings. The smallest absolute Gasteiger partial charge is 0.253 e. The molecule has 1 amide bonds. The van der Waals surface area contributed by atoms with E-state index in [1.807, 2.05) is 43.0 Å². The van der Waals surface area contributed by atoms with E-state index in [0.29, 0.717) is 24.7 Å². The van der Waals surface area contributed by atoms with E-state index in [4.69, 9.17) is 9.72 Å². The molecule has 1 fully saturated rings. The summed E-state index contributed by atoms with van der Waals surface area (Å²) < 4.78 is 5.53. The number of piperidine rings is 1. The fraction of sp³-hybridized carbons (Fsp3) is 0.370. The van der Waals surface area contributed by atoms with E-state index >= 15 is 0 Å². The maximum atomic E-state index is 13.3. The number of H-pyrrole nitrogens is 1. The second-order valence-corrected chi connectivity index (χ2v) is 9.10. The van der Waals surface area contributed by atoms with Crippen LogP contribution < -0.4 is 0 Å². The molecule has 0 bridgehead atoms. The highest BCUT2D eigenvalue weighted by Gasteiger charge is 2.26. The second-order valence-electron chi connectivity index (χ2n) is 9.10. The molecule has 6 nitrogen and oxygen atoms in total. The number of aryl methyl sites for hydroxylation is 2. The largest absolute Gasteiger partial charge is 0.375 e. The molecule has 0 spiro atoms. The Hall–Kier alpha value is -3.43. The van der Waals surface area contributed by atoms with Gasteiger partial charge in [0.05, 0.1) is 36.2 Å². The van der Waals surface area contributed by atoms with E-state index in [2.05, 4.69) is 23.2 Å². The van der Waals surface area contributed by atoms with Crippen molar-refractivity contribution in [3.05, 3.63) is 75.6 Å². The minimum atomic E-state index is 0.0744. The van der Waals surface area contributed by atoms with Gasteiger partial charge in [-0.2, -0.15) is 5.26 Å². The number of nitrogens with zero attached hydrogens (tertiary/aromatic N) is 3. The Morgan fingerprint density at radius 2 is 1.97 bits per heavy atom. The summed E-state index contributed by atoms with van der Waals surface area (Å²) in [5.74, 6) is 1.31. The summed E-state index contributed by atoms with van der Waals surface area (Å²) in [7, 11) is 0. The number of rotatable bonds is 3. The van der Waals surface area contributed by atoms with Crippen LogP contribution >= 0.6 is 0 Å². The summed E-state index contributed by atoms with van der Waals surface area (Å²) in [6.45, 7) is 6.77. The second kappa shape index (κ2) is 8.84. The highest BCUT2D eigenvalue weighted by Crippen LogP contribution is 2.31. The quantitative estimate of drug-likeness (QED) is 0.642. The average molecular weight is 441 g/mol. The number of aromatic amines is 1. The van der Waals surface area contributed by atoms with Gasteiger partial charge >= 0.3 is 0 Å². The number of likely N-dealkylation sites (tertiary alicyclic amines) is 1. The van der Waals surface area contributed by atoms with Gasteiger partial charge in [-0.05, 0) is 67.5 Å². The molecule has 0 atom stereocenters. The first-order valence-corrected chi connectivity index (χ1v) is 11.6. The first-order valence-electron chi connectivity index (χ1n) is 11.6. The van der Waals surface area contributed by atoms with Gasteiger partial charge in [0.1, 0.15) is 5.82 Å². The fourth-order valence-corrected chi connectivity index (χ4v) is 4.92. The van der Waals surface area contributed by atoms with Crippen molar-refractivity contribution < 1.29 is 9.53 Å². The Balaban J connectivity index is 1.30. The molecule has 0 radical (unpaired) electrons. The van der Waals surface area contributed by atoms with E-state index in [0.717, 1.165) is 71.8 Å². The Morgan fingerprint density at radius 1 is 1.15 bits per heavy atom. The van der Waals surface area contributed by atoms with Gasteiger partial charge in [0.25, 0.3) is 5.91 Å². The zero-order valence-electron chi connectivity index (χ0n) is 19.1. The molecule has 33 heavy (non-hydrogen) atoms. The molecule has 5 rings (SSSR count). The van der Waals surface area contributed by atoms with Gasteiger partial charge < -0.3 is 14.6 Å². The lowest BCUT2D eigenvalue weighted by Gasteiger charge is -2.32. The Bertz CT molecular complexity index is 1220. The van der Waals surface area contributed by atoms with Crippen molar-refractivity contribution in [3.63, 3.8) is 0 Å². The summed E-state index contributed by atoms with van der Waals surface area (Å²) in [6.07, 6.45) is 2.68. The number of nitrogens with one attached hydrogen (secondary N) is 1. The first-order chi connectivity index (χ1) is 16.0. The van der Waals surface area contributed by atoms with E-state index in [9.17, 15) is 10.1 Å². The molecule has 1 aromatic heterocycles. The number of nitriles is 1. The van der Waals surface area contributed by atoms with Crippen LogP contribution in [0, 0.1) is 25.2 Å². The van der Waals surface area contributed by atoms with Crippen LogP contribution in [-0.4, -0.2) is 40.5 Å². The van der Waals surface area contributed by atoms with Gasteiger partial charge in [0.2, 0.25) is 0 Å². The number of fused-ring (bicyclic) bond motifs is 1. The third-order valence-corrected chi connectivity index (χ3v) is 6.96. The van der Waals surface area contributed by atoms with Crippen molar-refractivity contribution in [2.24, 2.45) is 0 Å². The topological polar surface area (TPSA) is 82.0 Å². The van der Waals surface area contributed by atoms with Crippen LogP contribution in [0.2, 0.25) is 0 Å². The molecule has 2 aliphatic heterocycles. The summed E-state index contributed by atoms with van der Waals surface area (Å²) in [5.41, 5.74) is 7.88. The predicted octanol–water partition coefficient (Wildman–Crippen LogP) is 4.66. The first kappa shape index (κ1) is 21.4. The fourth-order valence-electron chi connectivity index (χ4n) is 4.92. The number of hydrogen-bond acceptors (Lipinski definition) is 4. The van der Waals surface area contributed by atoms with E-state index in [1.54, 1.807) is 0 Å². The van der Waals surface area contributed by atoms with Gasteiger partial charge in [0, 0.05) is 30.6 Å². The highest BCUT2D eigenvalue weighted by molar-refractivity contribution is 5.95. The summed E-state index contributed by atoms with van der Waals surface area (Å²) >= 11 is 0. The number of amides is 1. The molecule has 3 aromatic rings. The predicted molar refractivity (Wildman–Crippen MR) is 126 cm³/mol. The van der Waals surface area contributed by atoms with Crippen LogP contribution in [0.15, 0.2) is 36.4 Å². The van der Waals surface area contributed by atoms with E-state index in [-0.39, 0.29) is 5.91 Å². The molecule has 0 aliphatic carbocycles. The van der Waals surface area contributed by atoms with Crippen molar-refractivity contribution in [1.29, 1.82) is 5.26 Å². The molecular formula is C27H28N4O2. The third kappa shape index (κ3) is 4.17. The molecule has 0 unspecified atom stereocenters.